The third-order valence-corrected chi connectivity index (χ3v) is 2.74. The van der Waals surface area contributed by atoms with E-state index in [1.54, 1.807) is 7.11 Å². The number of methoxy groups -OCH3 is 1. The van der Waals surface area contributed by atoms with Crippen molar-refractivity contribution >= 4 is 5.97 Å². The SMILES string of the molecule is COCCCNC1(C(=O)O)CCOCC1. The summed E-state index contributed by atoms with van der Waals surface area (Å²) in [7, 11) is 1.64. The molecule has 0 aromatic heterocycles. The van der Waals surface area contributed by atoms with E-state index in [1.807, 2.05) is 0 Å². The normalized spacial score (nSPS) is 20.1. The highest BCUT2D eigenvalue weighted by Crippen LogP contribution is 2.20. The van der Waals surface area contributed by atoms with Gasteiger partial charge in [-0.25, -0.2) is 0 Å². The molecule has 1 heterocycles. The van der Waals surface area contributed by atoms with Crippen LogP contribution in [0, 0.1) is 0 Å². The van der Waals surface area contributed by atoms with Crippen LogP contribution in [-0.2, 0) is 14.3 Å². The molecule has 15 heavy (non-hydrogen) atoms. The van der Waals surface area contributed by atoms with Crippen molar-refractivity contribution in [3.63, 3.8) is 0 Å². The summed E-state index contributed by atoms with van der Waals surface area (Å²) in [4.78, 5) is 11.2. The van der Waals surface area contributed by atoms with Crippen LogP contribution in [0.3, 0.4) is 0 Å². The molecular formula is C10H19NO4. The van der Waals surface area contributed by atoms with Crippen LogP contribution in [0.1, 0.15) is 19.3 Å². The zero-order chi connectivity index (χ0) is 11.1. The van der Waals surface area contributed by atoms with E-state index < -0.39 is 11.5 Å². The highest BCUT2D eigenvalue weighted by atomic mass is 16.5. The molecule has 88 valence electrons. The molecule has 0 atom stereocenters. The average Bonchev–Trinajstić information content (AvgIpc) is 2.26. The largest absolute Gasteiger partial charge is 0.480 e. The number of carbonyl (C=O) groups is 1. The van der Waals surface area contributed by atoms with Crippen molar-refractivity contribution in [1.82, 2.24) is 5.32 Å². The van der Waals surface area contributed by atoms with Crippen LogP contribution >= 0.6 is 0 Å². The Labute approximate surface area is 89.8 Å². The number of carboxylic acids is 1. The summed E-state index contributed by atoms with van der Waals surface area (Å²) in [5.41, 5.74) is -0.786. The molecule has 1 rings (SSSR count). The Morgan fingerprint density at radius 1 is 1.53 bits per heavy atom. The predicted octanol–water partition coefficient (Wildman–Crippen LogP) is 0.246. The predicted molar refractivity (Wildman–Crippen MR) is 54.9 cm³/mol. The lowest BCUT2D eigenvalue weighted by atomic mass is 9.90. The van der Waals surface area contributed by atoms with Crippen molar-refractivity contribution in [1.29, 1.82) is 0 Å². The maximum Gasteiger partial charge on any atom is 0.324 e. The molecule has 2 N–H and O–H groups in total. The molecule has 1 fully saturated rings. The summed E-state index contributed by atoms with van der Waals surface area (Å²) in [5.74, 6) is -0.775. The van der Waals surface area contributed by atoms with E-state index in [9.17, 15) is 9.90 Å². The molecular weight excluding hydrogens is 198 g/mol. The van der Waals surface area contributed by atoms with Crippen molar-refractivity contribution in [3.05, 3.63) is 0 Å². The highest BCUT2D eigenvalue weighted by molar-refractivity contribution is 5.78. The molecule has 1 saturated heterocycles. The molecule has 1 aliphatic rings. The highest BCUT2D eigenvalue weighted by Gasteiger charge is 2.39. The molecule has 0 spiro atoms. The molecule has 0 amide bonds. The number of aliphatic carboxylic acids is 1. The van der Waals surface area contributed by atoms with Gasteiger partial charge in [-0.3, -0.25) is 4.79 Å². The zero-order valence-electron chi connectivity index (χ0n) is 9.12. The second-order valence-electron chi connectivity index (χ2n) is 3.77. The maximum atomic E-state index is 11.2. The summed E-state index contributed by atoms with van der Waals surface area (Å²) in [6.45, 7) is 2.35. The van der Waals surface area contributed by atoms with E-state index in [4.69, 9.17) is 9.47 Å². The molecule has 0 aromatic rings. The van der Waals surface area contributed by atoms with E-state index in [-0.39, 0.29) is 0 Å². The van der Waals surface area contributed by atoms with E-state index >= 15 is 0 Å². The summed E-state index contributed by atoms with van der Waals surface area (Å²) in [6, 6.07) is 0. The summed E-state index contributed by atoms with van der Waals surface area (Å²) < 4.78 is 10.1. The van der Waals surface area contributed by atoms with E-state index in [0.29, 0.717) is 39.2 Å². The lowest BCUT2D eigenvalue weighted by Gasteiger charge is -2.34. The number of carboxylic acid groups (broad SMARTS) is 1. The zero-order valence-corrected chi connectivity index (χ0v) is 9.12. The fraction of sp³-hybridized carbons (Fsp3) is 0.900. The summed E-state index contributed by atoms with van der Waals surface area (Å²) in [5, 5.41) is 12.3. The number of rotatable bonds is 6. The standard InChI is InChI=1S/C10H19NO4/c1-14-6-2-5-11-10(9(12)13)3-7-15-8-4-10/h11H,2-8H2,1H3,(H,12,13). The first kappa shape index (κ1) is 12.4. The van der Waals surface area contributed by atoms with Crippen LogP contribution in [0.5, 0.6) is 0 Å². The van der Waals surface area contributed by atoms with Crippen molar-refractivity contribution in [2.24, 2.45) is 0 Å². The van der Waals surface area contributed by atoms with Gasteiger partial charge in [-0.05, 0) is 25.8 Å². The molecule has 0 radical (unpaired) electrons. The van der Waals surface area contributed by atoms with Crippen LogP contribution in [0.4, 0.5) is 0 Å². The number of ether oxygens (including phenoxy) is 2. The van der Waals surface area contributed by atoms with Gasteiger partial charge in [0, 0.05) is 26.9 Å². The van der Waals surface area contributed by atoms with Crippen molar-refractivity contribution in [2.45, 2.75) is 24.8 Å². The van der Waals surface area contributed by atoms with Crippen molar-refractivity contribution < 1.29 is 19.4 Å². The summed E-state index contributed by atoms with van der Waals surface area (Å²) >= 11 is 0. The van der Waals surface area contributed by atoms with Gasteiger partial charge >= 0.3 is 5.97 Å². The number of nitrogens with one attached hydrogen (secondary N) is 1. The van der Waals surface area contributed by atoms with E-state index in [0.717, 1.165) is 6.42 Å². The van der Waals surface area contributed by atoms with Gasteiger partial charge in [0.2, 0.25) is 0 Å². The summed E-state index contributed by atoms with van der Waals surface area (Å²) in [6.07, 6.45) is 1.90. The van der Waals surface area contributed by atoms with Gasteiger partial charge in [0.15, 0.2) is 0 Å². The monoisotopic (exact) mass is 217 g/mol. The van der Waals surface area contributed by atoms with Crippen molar-refractivity contribution in [2.75, 3.05) is 33.5 Å². The first-order chi connectivity index (χ1) is 7.21. The Morgan fingerprint density at radius 2 is 2.20 bits per heavy atom. The van der Waals surface area contributed by atoms with Gasteiger partial charge in [0.25, 0.3) is 0 Å². The lowest BCUT2D eigenvalue weighted by Crippen LogP contribution is -2.55. The van der Waals surface area contributed by atoms with Gasteiger partial charge in [-0.2, -0.15) is 0 Å². The Kier molecular flexibility index (Phi) is 5.01. The third-order valence-electron chi connectivity index (χ3n) is 2.74. The third kappa shape index (κ3) is 3.44. The van der Waals surface area contributed by atoms with Crippen LogP contribution < -0.4 is 5.32 Å². The quantitative estimate of drug-likeness (QED) is 0.624. The molecule has 0 saturated carbocycles. The van der Waals surface area contributed by atoms with Gasteiger partial charge < -0.3 is 19.9 Å². The van der Waals surface area contributed by atoms with Gasteiger partial charge in [0.05, 0.1) is 0 Å². The average molecular weight is 217 g/mol. The van der Waals surface area contributed by atoms with Crippen LogP contribution in [0.25, 0.3) is 0 Å². The Bertz CT molecular complexity index is 202. The Morgan fingerprint density at radius 3 is 2.73 bits per heavy atom. The van der Waals surface area contributed by atoms with Gasteiger partial charge in [-0.15, -0.1) is 0 Å². The molecule has 0 unspecified atom stereocenters. The van der Waals surface area contributed by atoms with Crippen molar-refractivity contribution in [3.8, 4) is 0 Å². The maximum absolute atomic E-state index is 11.2. The van der Waals surface area contributed by atoms with Gasteiger partial charge in [0.1, 0.15) is 5.54 Å². The topological polar surface area (TPSA) is 67.8 Å². The fourth-order valence-corrected chi connectivity index (χ4v) is 1.73. The Hall–Kier alpha value is -0.650. The second kappa shape index (κ2) is 6.05. The van der Waals surface area contributed by atoms with E-state index in [1.165, 1.54) is 0 Å². The molecule has 5 heteroatoms. The van der Waals surface area contributed by atoms with Gasteiger partial charge in [-0.1, -0.05) is 0 Å². The Balaban J connectivity index is 2.39. The fourth-order valence-electron chi connectivity index (χ4n) is 1.73. The minimum atomic E-state index is -0.786. The molecule has 0 bridgehead atoms. The molecule has 0 aromatic carbocycles. The molecule has 1 aliphatic heterocycles. The first-order valence-electron chi connectivity index (χ1n) is 5.26. The molecule has 5 nitrogen and oxygen atoms in total. The second-order valence-corrected chi connectivity index (χ2v) is 3.77. The van der Waals surface area contributed by atoms with Crippen LogP contribution in [0.2, 0.25) is 0 Å². The van der Waals surface area contributed by atoms with Crippen LogP contribution in [0.15, 0.2) is 0 Å². The number of hydrogen-bond acceptors (Lipinski definition) is 4. The lowest BCUT2D eigenvalue weighted by molar-refractivity contribution is -0.149. The molecule has 0 aliphatic carbocycles. The van der Waals surface area contributed by atoms with Crippen LogP contribution in [-0.4, -0.2) is 50.1 Å². The minimum Gasteiger partial charge on any atom is -0.480 e. The van der Waals surface area contributed by atoms with E-state index in [2.05, 4.69) is 5.32 Å². The number of hydrogen-bond donors (Lipinski definition) is 2. The smallest absolute Gasteiger partial charge is 0.324 e. The minimum absolute atomic E-state index is 0.517. The first-order valence-corrected chi connectivity index (χ1v) is 5.26.